The zero-order chi connectivity index (χ0) is 14.0. The molecule has 98 valence electrons. The minimum absolute atomic E-state index is 0.0284. The van der Waals surface area contributed by atoms with Crippen LogP contribution in [0.25, 0.3) is 0 Å². The molecule has 1 aromatic heterocycles. The molecule has 2 rings (SSSR count). The van der Waals surface area contributed by atoms with E-state index in [9.17, 15) is 22.4 Å². The number of hydrogen-bond donors (Lipinski definition) is 0. The van der Waals surface area contributed by atoms with Crippen molar-refractivity contribution in [3.8, 4) is 0 Å². The van der Waals surface area contributed by atoms with Gasteiger partial charge in [-0.25, -0.2) is 4.39 Å². The molecule has 0 N–H and O–H groups in total. The summed E-state index contributed by atoms with van der Waals surface area (Å²) < 4.78 is 51.3. The first kappa shape index (κ1) is 13.2. The van der Waals surface area contributed by atoms with Crippen LogP contribution in [0.4, 0.5) is 17.6 Å². The topological polar surface area (TPSA) is 30.0 Å². The van der Waals surface area contributed by atoms with Gasteiger partial charge in [0, 0.05) is 18.0 Å². The van der Waals surface area contributed by atoms with E-state index >= 15 is 0 Å². The molecule has 2 aromatic rings. The maximum Gasteiger partial charge on any atom is 0.419 e. The quantitative estimate of drug-likeness (QED) is 0.617. The van der Waals surface area contributed by atoms with E-state index in [2.05, 4.69) is 4.98 Å². The van der Waals surface area contributed by atoms with Crippen LogP contribution < -0.4 is 0 Å². The van der Waals surface area contributed by atoms with Crippen molar-refractivity contribution < 1.29 is 22.4 Å². The van der Waals surface area contributed by atoms with Crippen LogP contribution in [0.5, 0.6) is 0 Å². The zero-order valence-electron chi connectivity index (χ0n) is 9.41. The van der Waals surface area contributed by atoms with Crippen molar-refractivity contribution in [2.24, 2.45) is 0 Å². The first-order valence-corrected chi connectivity index (χ1v) is 5.21. The highest BCUT2D eigenvalue weighted by Crippen LogP contribution is 2.32. The lowest BCUT2D eigenvalue weighted by molar-refractivity contribution is -0.140. The molecule has 0 aliphatic rings. The summed E-state index contributed by atoms with van der Waals surface area (Å²) in [5.41, 5.74) is -2.05. The molecule has 0 radical (unpaired) electrons. The van der Waals surface area contributed by atoms with Gasteiger partial charge in [-0.1, -0.05) is 6.07 Å². The molecule has 0 aliphatic carbocycles. The summed E-state index contributed by atoms with van der Waals surface area (Å²) in [7, 11) is 0. The fraction of sp³-hybridized carbons (Fsp3) is 0.0769. The Morgan fingerprint density at radius 1 is 1.11 bits per heavy atom. The maximum absolute atomic E-state index is 13.7. The molecule has 0 spiro atoms. The lowest BCUT2D eigenvalue weighted by Gasteiger charge is -2.10. The second-order valence-corrected chi connectivity index (χ2v) is 3.74. The van der Waals surface area contributed by atoms with Crippen molar-refractivity contribution in [3.05, 3.63) is 65.2 Å². The largest absolute Gasteiger partial charge is 0.419 e. The predicted octanol–water partition coefficient (Wildman–Crippen LogP) is 3.47. The molecule has 0 fully saturated rings. The Morgan fingerprint density at radius 2 is 1.84 bits per heavy atom. The maximum atomic E-state index is 13.7. The number of alkyl halides is 3. The van der Waals surface area contributed by atoms with Crippen LogP contribution in [0.3, 0.4) is 0 Å². The third-order valence-corrected chi connectivity index (χ3v) is 2.47. The van der Waals surface area contributed by atoms with E-state index in [1.165, 1.54) is 24.5 Å². The lowest BCUT2D eigenvalue weighted by Crippen LogP contribution is -2.13. The Bertz CT molecular complexity index is 608. The molecule has 0 unspecified atom stereocenters. The summed E-state index contributed by atoms with van der Waals surface area (Å²) in [4.78, 5) is 15.6. The van der Waals surface area contributed by atoms with Crippen molar-refractivity contribution in [2.75, 3.05) is 0 Å². The Morgan fingerprint density at radius 3 is 2.42 bits per heavy atom. The van der Waals surface area contributed by atoms with Gasteiger partial charge in [0.15, 0.2) is 5.78 Å². The monoisotopic (exact) mass is 269 g/mol. The molecular formula is C13H7F4NO. The molecule has 19 heavy (non-hydrogen) atoms. The minimum atomic E-state index is -4.84. The smallest absolute Gasteiger partial charge is 0.288 e. The van der Waals surface area contributed by atoms with Crippen LogP contribution in [-0.4, -0.2) is 10.8 Å². The first-order valence-electron chi connectivity index (χ1n) is 5.21. The van der Waals surface area contributed by atoms with Crippen molar-refractivity contribution in [1.29, 1.82) is 0 Å². The van der Waals surface area contributed by atoms with E-state index in [0.717, 1.165) is 12.1 Å². The van der Waals surface area contributed by atoms with Crippen molar-refractivity contribution in [3.63, 3.8) is 0 Å². The number of aromatic nitrogens is 1. The average molecular weight is 269 g/mol. The van der Waals surface area contributed by atoms with Gasteiger partial charge in [0.1, 0.15) is 5.82 Å². The van der Waals surface area contributed by atoms with Crippen LogP contribution in [-0.2, 0) is 6.18 Å². The lowest BCUT2D eigenvalue weighted by atomic mass is 10.0. The summed E-state index contributed by atoms with van der Waals surface area (Å²) in [5, 5.41) is 0. The average Bonchev–Trinajstić information content (AvgIpc) is 2.38. The summed E-state index contributed by atoms with van der Waals surface area (Å²) in [5.74, 6) is -2.40. The molecular weight excluding hydrogens is 262 g/mol. The molecule has 1 heterocycles. The van der Waals surface area contributed by atoms with Crippen LogP contribution in [0.1, 0.15) is 21.5 Å². The molecule has 0 saturated heterocycles. The Kier molecular flexibility index (Phi) is 3.33. The number of carbonyl (C=O) groups is 1. The SMILES string of the molecule is O=C(c1cccnc1)c1cccc(C(F)(F)F)c1F. The third kappa shape index (κ3) is 2.62. The summed E-state index contributed by atoms with van der Waals surface area (Å²) in [6.07, 6.45) is -2.27. The highest BCUT2D eigenvalue weighted by atomic mass is 19.4. The molecule has 2 nitrogen and oxygen atoms in total. The minimum Gasteiger partial charge on any atom is -0.288 e. The van der Waals surface area contributed by atoms with Gasteiger partial charge in [0.05, 0.1) is 11.1 Å². The number of benzene rings is 1. The highest BCUT2D eigenvalue weighted by Gasteiger charge is 2.35. The fourth-order valence-electron chi connectivity index (χ4n) is 1.58. The molecule has 0 atom stereocenters. The third-order valence-electron chi connectivity index (χ3n) is 2.47. The van der Waals surface area contributed by atoms with Crippen molar-refractivity contribution >= 4 is 5.78 Å². The van der Waals surface area contributed by atoms with Gasteiger partial charge in [-0.05, 0) is 24.3 Å². The number of nitrogens with zero attached hydrogens (tertiary/aromatic N) is 1. The Hall–Kier alpha value is -2.24. The fourth-order valence-corrected chi connectivity index (χ4v) is 1.58. The van der Waals surface area contributed by atoms with Gasteiger partial charge >= 0.3 is 6.18 Å². The van der Waals surface area contributed by atoms with Gasteiger partial charge in [0.25, 0.3) is 0 Å². The predicted molar refractivity (Wildman–Crippen MR) is 59.1 cm³/mol. The number of ketones is 1. The van der Waals surface area contributed by atoms with Gasteiger partial charge in [-0.3, -0.25) is 9.78 Å². The summed E-state index contributed by atoms with van der Waals surface area (Å²) in [6.45, 7) is 0. The zero-order valence-corrected chi connectivity index (χ0v) is 9.41. The van der Waals surface area contributed by atoms with Crippen LogP contribution in [0.15, 0.2) is 42.7 Å². The van der Waals surface area contributed by atoms with Crippen molar-refractivity contribution in [2.45, 2.75) is 6.18 Å². The summed E-state index contributed by atoms with van der Waals surface area (Å²) >= 11 is 0. The van der Waals surface area contributed by atoms with Crippen LogP contribution in [0.2, 0.25) is 0 Å². The number of hydrogen-bond acceptors (Lipinski definition) is 2. The van der Waals surface area contributed by atoms with E-state index in [1.54, 1.807) is 0 Å². The molecule has 6 heteroatoms. The Labute approximate surface area is 105 Å². The normalized spacial score (nSPS) is 11.4. The van der Waals surface area contributed by atoms with E-state index in [4.69, 9.17) is 0 Å². The molecule has 0 bridgehead atoms. The summed E-state index contributed by atoms with van der Waals surface area (Å²) in [6, 6.07) is 5.40. The Balaban J connectivity index is 2.50. The number of pyridine rings is 1. The second-order valence-electron chi connectivity index (χ2n) is 3.74. The molecule has 0 saturated carbocycles. The number of rotatable bonds is 2. The van der Waals surface area contributed by atoms with E-state index in [1.807, 2.05) is 0 Å². The highest BCUT2D eigenvalue weighted by molar-refractivity contribution is 6.09. The first-order chi connectivity index (χ1) is 8.91. The van der Waals surface area contributed by atoms with Crippen LogP contribution >= 0.6 is 0 Å². The van der Waals surface area contributed by atoms with Crippen LogP contribution in [0, 0.1) is 5.82 Å². The van der Waals surface area contributed by atoms with Gasteiger partial charge in [-0.2, -0.15) is 13.2 Å². The second kappa shape index (κ2) is 4.79. The number of carbonyl (C=O) groups excluding carboxylic acids is 1. The van der Waals surface area contributed by atoms with Gasteiger partial charge in [0.2, 0.25) is 0 Å². The van der Waals surface area contributed by atoms with Crippen molar-refractivity contribution in [1.82, 2.24) is 4.98 Å². The number of halogens is 4. The van der Waals surface area contributed by atoms with Gasteiger partial charge in [-0.15, -0.1) is 0 Å². The molecule has 0 amide bonds. The van der Waals surface area contributed by atoms with E-state index in [-0.39, 0.29) is 5.56 Å². The van der Waals surface area contributed by atoms with E-state index < -0.39 is 28.9 Å². The van der Waals surface area contributed by atoms with E-state index in [0.29, 0.717) is 6.07 Å². The standard InChI is InChI=1S/C13H7F4NO/c14-11-9(4-1-5-10(11)13(15,16)17)12(19)8-3-2-6-18-7-8/h1-7H. The molecule has 1 aromatic carbocycles. The molecule has 0 aliphatic heterocycles. The van der Waals surface area contributed by atoms with Gasteiger partial charge < -0.3 is 0 Å².